The van der Waals surface area contributed by atoms with Crippen LogP contribution in [0.2, 0.25) is 0 Å². The van der Waals surface area contributed by atoms with E-state index in [0.29, 0.717) is 23.4 Å². The fourth-order valence-electron chi connectivity index (χ4n) is 2.26. The first kappa shape index (κ1) is 13.4. The van der Waals surface area contributed by atoms with Crippen LogP contribution < -0.4 is 5.32 Å². The Morgan fingerprint density at radius 2 is 1.95 bits per heavy atom. The number of anilines is 2. The summed E-state index contributed by atoms with van der Waals surface area (Å²) < 4.78 is 11.2. The topological polar surface area (TPSA) is 64.1 Å². The number of hydrogen-bond donors (Lipinski definition) is 1. The fraction of sp³-hybridized carbons (Fsp3) is 0.250. The lowest BCUT2D eigenvalue weighted by Gasteiger charge is -2.06. The Kier molecular flexibility index (Phi) is 3.48. The molecule has 1 aromatic carbocycles. The molecule has 0 atom stereocenters. The summed E-state index contributed by atoms with van der Waals surface area (Å²) in [5.41, 5.74) is 3.01. The van der Waals surface area contributed by atoms with E-state index < -0.39 is 0 Å². The first-order chi connectivity index (χ1) is 10.2. The Labute approximate surface area is 123 Å². The number of aromatic nitrogens is 2. The average Bonchev–Trinajstić information content (AvgIpc) is 3.06. The van der Waals surface area contributed by atoms with Gasteiger partial charge in [0.2, 0.25) is 0 Å². The van der Waals surface area contributed by atoms with Gasteiger partial charge in [-0.05, 0) is 25.0 Å². The second kappa shape index (κ2) is 5.44. The van der Waals surface area contributed by atoms with E-state index in [4.69, 9.17) is 8.83 Å². The monoisotopic (exact) mass is 283 g/mol. The summed E-state index contributed by atoms with van der Waals surface area (Å²) in [4.78, 5) is 8.48. The van der Waals surface area contributed by atoms with Crippen molar-refractivity contribution in [2.45, 2.75) is 27.2 Å². The van der Waals surface area contributed by atoms with E-state index in [1.807, 2.05) is 32.0 Å². The number of benzene rings is 1. The highest BCUT2D eigenvalue weighted by Gasteiger charge is 2.15. The van der Waals surface area contributed by atoms with Gasteiger partial charge in [0, 0.05) is 12.6 Å². The molecule has 5 heteroatoms. The highest BCUT2D eigenvalue weighted by molar-refractivity contribution is 5.60. The largest absolute Gasteiger partial charge is 0.437 e. The van der Waals surface area contributed by atoms with Crippen molar-refractivity contribution in [3.05, 3.63) is 47.6 Å². The van der Waals surface area contributed by atoms with Gasteiger partial charge in [0.1, 0.15) is 0 Å². The Balaban J connectivity index is 1.87. The second-order valence-electron chi connectivity index (χ2n) is 4.81. The molecular formula is C16H17N3O2. The van der Waals surface area contributed by atoms with Gasteiger partial charge in [-0.25, -0.2) is 9.97 Å². The van der Waals surface area contributed by atoms with E-state index in [0.717, 1.165) is 17.8 Å². The van der Waals surface area contributed by atoms with Crippen molar-refractivity contribution in [1.82, 2.24) is 9.97 Å². The minimum atomic E-state index is 0.444. The van der Waals surface area contributed by atoms with E-state index in [-0.39, 0.29) is 0 Å². The Morgan fingerprint density at radius 3 is 2.67 bits per heavy atom. The maximum absolute atomic E-state index is 5.71. The Morgan fingerprint density at radius 1 is 1.14 bits per heavy atom. The van der Waals surface area contributed by atoms with Crippen LogP contribution in [0.5, 0.6) is 0 Å². The molecular weight excluding hydrogens is 266 g/mol. The number of nitrogens with zero attached hydrogens (tertiary/aromatic N) is 2. The molecule has 0 fully saturated rings. The third kappa shape index (κ3) is 2.67. The zero-order valence-corrected chi connectivity index (χ0v) is 12.3. The molecule has 3 aromatic rings. The van der Waals surface area contributed by atoms with Crippen LogP contribution in [-0.4, -0.2) is 9.97 Å². The quantitative estimate of drug-likeness (QED) is 0.775. The summed E-state index contributed by atoms with van der Waals surface area (Å²) in [6, 6.07) is 8.53. The highest BCUT2D eigenvalue weighted by atomic mass is 16.4. The van der Waals surface area contributed by atoms with E-state index in [1.54, 1.807) is 6.20 Å². The van der Waals surface area contributed by atoms with Crippen LogP contribution in [0.3, 0.4) is 0 Å². The zero-order chi connectivity index (χ0) is 14.8. The third-order valence-corrected chi connectivity index (χ3v) is 3.27. The minimum Gasteiger partial charge on any atom is -0.437 e. The second-order valence-corrected chi connectivity index (χ2v) is 4.81. The fourth-order valence-corrected chi connectivity index (χ4v) is 2.26. The molecule has 0 amide bonds. The predicted molar refractivity (Wildman–Crippen MR) is 80.6 cm³/mol. The Bertz CT molecular complexity index is 758. The smallest absolute Gasteiger partial charge is 0.299 e. The maximum Gasteiger partial charge on any atom is 0.299 e. The number of nitrogens with one attached hydrogen (secondary N) is 1. The van der Waals surface area contributed by atoms with E-state index >= 15 is 0 Å². The zero-order valence-electron chi connectivity index (χ0n) is 12.3. The molecule has 1 N–H and O–H groups in total. The third-order valence-electron chi connectivity index (χ3n) is 3.27. The van der Waals surface area contributed by atoms with Crippen LogP contribution in [0.15, 0.2) is 39.3 Å². The molecule has 3 rings (SSSR count). The van der Waals surface area contributed by atoms with Gasteiger partial charge in [0.15, 0.2) is 17.4 Å². The van der Waals surface area contributed by atoms with E-state index in [2.05, 4.69) is 28.3 Å². The summed E-state index contributed by atoms with van der Waals surface area (Å²) in [7, 11) is 0. The summed E-state index contributed by atoms with van der Waals surface area (Å²) >= 11 is 0. The highest BCUT2D eigenvalue weighted by Crippen LogP contribution is 2.28. The number of rotatable bonds is 4. The average molecular weight is 283 g/mol. The van der Waals surface area contributed by atoms with Gasteiger partial charge in [-0.1, -0.05) is 25.1 Å². The van der Waals surface area contributed by atoms with Gasteiger partial charge < -0.3 is 14.2 Å². The molecule has 0 aliphatic heterocycles. The van der Waals surface area contributed by atoms with Crippen molar-refractivity contribution in [1.29, 1.82) is 0 Å². The molecule has 0 aliphatic rings. The van der Waals surface area contributed by atoms with Crippen molar-refractivity contribution in [3.63, 3.8) is 0 Å². The lowest BCUT2D eigenvalue weighted by atomic mass is 10.1. The number of oxazole rings is 2. The van der Waals surface area contributed by atoms with Crippen LogP contribution in [0, 0.1) is 13.8 Å². The Hall–Kier alpha value is -2.56. The molecule has 21 heavy (non-hydrogen) atoms. The summed E-state index contributed by atoms with van der Waals surface area (Å²) in [5.74, 6) is 1.81. The molecule has 0 unspecified atom stereocenters. The number of hydrogen-bond acceptors (Lipinski definition) is 5. The van der Waals surface area contributed by atoms with Crippen molar-refractivity contribution >= 4 is 11.7 Å². The molecule has 0 bridgehead atoms. The van der Waals surface area contributed by atoms with E-state index in [1.165, 1.54) is 5.56 Å². The molecule has 0 saturated heterocycles. The predicted octanol–water partition coefficient (Wildman–Crippen LogP) is 4.25. The lowest BCUT2D eigenvalue weighted by molar-refractivity contribution is 0.503. The first-order valence-electron chi connectivity index (χ1n) is 6.92. The molecule has 0 aliphatic carbocycles. The van der Waals surface area contributed by atoms with Crippen molar-refractivity contribution in [2.75, 3.05) is 5.32 Å². The molecule has 2 aromatic heterocycles. The van der Waals surface area contributed by atoms with Crippen LogP contribution in [0.1, 0.15) is 24.1 Å². The summed E-state index contributed by atoms with van der Waals surface area (Å²) in [5, 5.41) is 3.20. The normalized spacial score (nSPS) is 10.8. The SMILES string of the molecule is CCc1ccccc1Nc1ncc(-c2oc(C)nc2C)o1. The van der Waals surface area contributed by atoms with Gasteiger partial charge in [-0.15, -0.1) is 0 Å². The summed E-state index contributed by atoms with van der Waals surface area (Å²) in [6.07, 6.45) is 2.58. The van der Waals surface area contributed by atoms with Crippen molar-refractivity contribution in [2.24, 2.45) is 0 Å². The standard InChI is InChI=1S/C16H17N3O2/c1-4-12-7-5-6-8-13(12)19-16-17-9-14(21-16)15-10(2)18-11(3)20-15/h5-9H,4H2,1-3H3,(H,17,19). The number of aryl methyl sites for hydroxylation is 3. The lowest BCUT2D eigenvalue weighted by Crippen LogP contribution is -1.94. The van der Waals surface area contributed by atoms with Crippen molar-refractivity contribution in [3.8, 4) is 11.5 Å². The first-order valence-corrected chi connectivity index (χ1v) is 6.92. The molecule has 0 radical (unpaired) electrons. The number of para-hydroxylation sites is 1. The molecule has 108 valence electrons. The molecule has 0 spiro atoms. The van der Waals surface area contributed by atoms with Crippen LogP contribution >= 0.6 is 0 Å². The summed E-state index contributed by atoms with van der Waals surface area (Å²) in [6.45, 7) is 5.81. The van der Waals surface area contributed by atoms with Gasteiger partial charge in [0.25, 0.3) is 6.01 Å². The van der Waals surface area contributed by atoms with Crippen LogP contribution in [-0.2, 0) is 6.42 Å². The van der Waals surface area contributed by atoms with E-state index in [9.17, 15) is 0 Å². The van der Waals surface area contributed by atoms with Gasteiger partial charge >= 0.3 is 0 Å². The van der Waals surface area contributed by atoms with Crippen LogP contribution in [0.25, 0.3) is 11.5 Å². The van der Waals surface area contributed by atoms with Gasteiger partial charge in [-0.2, -0.15) is 0 Å². The molecule has 5 nitrogen and oxygen atoms in total. The minimum absolute atomic E-state index is 0.444. The van der Waals surface area contributed by atoms with Crippen LogP contribution in [0.4, 0.5) is 11.7 Å². The molecule has 2 heterocycles. The van der Waals surface area contributed by atoms with Gasteiger partial charge in [-0.3, -0.25) is 0 Å². The van der Waals surface area contributed by atoms with Gasteiger partial charge in [0.05, 0.1) is 11.9 Å². The maximum atomic E-state index is 5.71. The molecule has 0 saturated carbocycles. The van der Waals surface area contributed by atoms with Crippen molar-refractivity contribution < 1.29 is 8.83 Å².